The topological polar surface area (TPSA) is 52.8 Å². The van der Waals surface area contributed by atoms with Crippen LogP contribution in [0.4, 0.5) is 16.0 Å². The van der Waals surface area contributed by atoms with Gasteiger partial charge in [-0.15, -0.1) is 5.10 Å². The summed E-state index contributed by atoms with van der Waals surface area (Å²) in [4.78, 5) is 14.4. The van der Waals surface area contributed by atoms with E-state index in [2.05, 4.69) is 9.88 Å². The molecule has 4 aromatic rings. The molecule has 8 heteroatoms. The van der Waals surface area contributed by atoms with Crippen LogP contribution < -0.4 is 9.80 Å². The lowest BCUT2D eigenvalue weighted by Crippen LogP contribution is -2.42. The largest absolute Gasteiger partial charge is 0.356 e. The highest BCUT2D eigenvalue weighted by Crippen LogP contribution is 2.36. The maximum Gasteiger partial charge on any atom is 0.154 e. The summed E-state index contributed by atoms with van der Waals surface area (Å²) in [6.07, 6.45) is 4.42. The number of nitrogens with zero attached hydrogens (tertiary/aromatic N) is 7. The molecule has 0 amide bonds. The first kappa shape index (κ1) is 17.0. The van der Waals surface area contributed by atoms with Gasteiger partial charge in [-0.25, -0.2) is 18.9 Å². The van der Waals surface area contributed by atoms with Crippen LogP contribution in [0, 0.1) is 5.82 Å². The molecule has 0 saturated carbocycles. The molecule has 6 rings (SSSR count). The molecule has 2 aliphatic heterocycles. The van der Waals surface area contributed by atoms with Gasteiger partial charge in [0.05, 0.1) is 17.9 Å². The highest BCUT2D eigenvalue weighted by atomic mass is 19.1. The quantitative estimate of drug-likeness (QED) is 0.400. The Labute approximate surface area is 219 Å². The van der Waals surface area contributed by atoms with Crippen LogP contribution in [-0.2, 0) is 0 Å². The van der Waals surface area contributed by atoms with E-state index in [0.717, 1.165) is 42.3 Å². The summed E-state index contributed by atoms with van der Waals surface area (Å²) in [5.41, 5.74) is 3.01. The summed E-state index contributed by atoms with van der Waals surface area (Å²) in [7, 11) is 0. The Hall–Kier alpha value is -3.52. The second-order valence-corrected chi connectivity index (χ2v) is 9.48. The lowest BCUT2D eigenvalue weighted by Gasteiger charge is -2.35. The molecule has 5 heterocycles. The van der Waals surface area contributed by atoms with Gasteiger partial charge in [0.1, 0.15) is 23.1 Å². The first-order valence-corrected chi connectivity index (χ1v) is 12.4. The van der Waals surface area contributed by atoms with Crippen LogP contribution in [0.1, 0.15) is 45.5 Å². The van der Waals surface area contributed by atoms with Crippen molar-refractivity contribution in [2.75, 3.05) is 43.4 Å². The monoisotopic (exact) mass is 491 g/mol. The minimum absolute atomic E-state index is 0.0357. The molecule has 7 nitrogen and oxygen atoms in total. The number of anilines is 2. The molecule has 36 heavy (non-hydrogen) atoms. The molecule has 1 atom stereocenters. The van der Waals surface area contributed by atoms with Crippen LogP contribution in [0.2, 0.25) is 0 Å². The van der Waals surface area contributed by atoms with Gasteiger partial charge in [-0.2, -0.15) is 0 Å². The molecule has 0 aliphatic carbocycles. The van der Waals surface area contributed by atoms with Gasteiger partial charge >= 0.3 is 0 Å². The molecule has 0 spiro atoms. The van der Waals surface area contributed by atoms with Crippen molar-refractivity contribution in [3.8, 4) is 11.4 Å². The lowest BCUT2D eigenvalue weighted by atomic mass is 10.0. The number of piperidine rings is 1. The van der Waals surface area contributed by atoms with Crippen molar-refractivity contribution in [3.63, 3.8) is 0 Å². The third-order valence-corrected chi connectivity index (χ3v) is 7.28. The van der Waals surface area contributed by atoms with Gasteiger partial charge < -0.3 is 14.7 Å². The molecule has 0 unspecified atom stereocenters. The molecule has 2 fully saturated rings. The molecule has 0 bridgehead atoms. The summed E-state index contributed by atoms with van der Waals surface area (Å²) in [5.74, 6) is 1.25. The summed E-state index contributed by atoms with van der Waals surface area (Å²) in [6.45, 7) is -3.62. The highest BCUT2D eigenvalue weighted by molar-refractivity contribution is 5.62. The zero-order chi connectivity index (χ0) is 29.6. The van der Waals surface area contributed by atoms with E-state index >= 15 is 0 Å². The van der Waals surface area contributed by atoms with Crippen molar-refractivity contribution < 1.29 is 12.6 Å². The first-order chi connectivity index (χ1) is 20.0. The SMILES string of the molecule is [2H]C([2H])([2H])N(C1CCN(c2cccc(-c3cnc4ccc(N5CCC[C@@H]5c5cccc(F)c5)nn34)n2)CC1)C([2H])([2H])[2H]. The fraction of sp³-hybridized carbons (Fsp3) is 0.393. The van der Waals surface area contributed by atoms with E-state index in [9.17, 15) is 4.39 Å². The van der Waals surface area contributed by atoms with Crippen LogP contribution in [0.5, 0.6) is 0 Å². The number of halogens is 1. The molecule has 0 N–H and O–H groups in total. The smallest absolute Gasteiger partial charge is 0.154 e. The maximum atomic E-state index is 14.0. The van der Waals surface area contributed by atoms with Crippen LogP contribution in [0.15, 0.2) is 60.8 Å². The van der Waals surface area contributed by atoms with Gasteiger partial charge in [-0.1, -0.05) is 18.2 Å². The Morgan fingerprint density at radius 3 is 2.67 bits per heavy atom. The summed E-state index contributed by atoms with van der Waals surface area (Å²) >= 11 is 0. The lowest BCUT2D eigenvalue weighted by molar-refractivity contribution is 0.249. The van der Waals surface area contributed by atoms with Crippen LogP contribution in [-0.4, -0.2) is 64.1 Å². The second kappa shape index (κ2) is 9.50. The predicted octanol–water partition coefficient (Wildman–Crippen LogP) is 4.80. The van der Waals surface area contributed by atoms with E-state index in [1.54, 1.807) is 22.8 Å². The zero-order valence-electron chi connectivity index (χ0n) is 25.9. The fourth-order valence-corrected chi connectivity index (χ4v) is 5.39. The number of hydrogen-bond acceptors (Lipinski definition) is 6. The predicted molar refractivity (Wildman–Crippen MR) is 141 cm³/mol. The normalized spacial score (nSPS) is 22.2. The zero-order valence-corrected chi connectivity index (χ0v) is 19.9. The minimum Gasteiger partial charge on any atom is -0.356 e. The van der Waals surface area contributed by atoms with Gasteiger partial charge in [0.2, 0.25) is 0 Å². The first-order valence-electron chi connectivity index (χ1n) is 15.4. The van der Waals surface area contributed by atoms with E-state index < -0.39 is 20.0 Å². The Balaban J connectivity index is 1.24. The van der Waals surface area contributed by atoms with Crippen molar-refractivity contribution in [3.05, 3.63) is 72.2 Å². The molecule has 2 saturated heterocycles. The van der Waals surface area contributed by atoms with Gasteiger partial charge in [0, 0.05) is 33.9 Å². The molecular formula is C28H32FN7. The van der Waals surface area contributed by atoms with Gasteiger partial charge in [-0.3, -0.25) is 0 Å². The number of pyridine rings is 1. The van der Waals surface area contributed by atoms with Crippen LogP contribution >= 0.6 is 0 Å². The average molecular weight is 492 g/mol. The number of benzene rings is 1. The van der Waals surface area contributed by atoms with E-state index in [4.69, 9.17) is 18.3 Å². The fourth-order valence-electron chi connectivity index (χ4n) is 5.39. The Morgan fingerprint density at radius 2 is 1.83 bits per heavy atom. The standard InChI is InChI=1S/C28H32FN7/c1-33(2)22-13-16-34(17-14-22)27-10-4-8-23(31-27)25-19-30-26-11-12-28(32-36(25)26)35-15-5-9-24(35)20-6-3-7-21(29)18-20/h3-4,6-8,10-12,18-19,22,24H,5,9,13-17H2,1-2H3/t24-/m1/s1/i1D3,2D3. The molecule has 1 aromatic carbocycles. The Kier molecular flexibility index (Phi) is 4.49. The van der Waals surface area contributed by atoms with E-state index in [0.29, 0.717) is 42.2 Å². The Bertz CT molecular complexity index is 1550. The van der Waals surface area contributed by atoms with Gasteiger partial charge in [-0.05, 0) is 81.6 Å². The molecule has 0 radical (unpaired) electrons. The Morgan fingerprint density at radius 1 is 0.972 bits per heavy atom. The third-order valence-electron chi connectivity index (χ3n) is 7.28. The average Bonchev–Trinajstić information content (AvgIpc) is 3.59. The molecule has 186 valence electrons. The highest BCUT2D eigenvalue weighted by Gasteiger charge is 2.28. The summed E-state index contributed by atoms with van der Waals surface area (Å²) in [5, 5.41) is 4.93. The maximum absolute atomic E-state index is 14.0. The summed E-state index contributed by atoms with van der Waals surface area (Å²) < 4.78 is 62.2. The van der Waals surface area contributed by atoms with Crippen molar-refractivity contribution in [1.82, 2.24) is 24.5 Å². The van der Waals surface area contributed by atoms with Gasteiger partial charge in [0.25, 0.3) is 0 Å². The molecule has 2 aliphatic rings. The number of imidazole rings is 1. The third kappa shape index (κ3) is 4.30. The number of aromatic nitrogens is 4. The number of fused-ring (bicyclic) bond motifs is 1. The van der Waals surface area contributed by atoms with E-state index in [1.165, 1.54) is 6.07 Å². The van der Waals surface area contributed by atoms with Crippen LogP contribution in [0.3, 0.4) is 0 Å². The van der Waals surface area contributed by atoms with Crippen molar-refractivity contribution in [1.29, 1.82) is 0 Å². The van der Waals surface area contributed by atoms with E-state index in [-0.39, 0.29) is 11.9 Å². The number of hydrogen-bond donors (Lipinski definition) is 0. The van der Waals surface area contributed by atoms with Crippen molar-refractivity contribution in [2.24, 2.45) is 0 Å². The second-order valence-electron chi connectivity index (χ2n) is 9.48. The van der Waals surface area contributed by atoms with Crippen molar-refractivity contribution in [2.45, 2.75) is 37.8 Å². The van der Waals surface area contributed by atoms with Gasteiger partial charge in [0.15, 0.2) is 5.65 Å². The van der Waals surface area contributed by atoms with Crippen LogP contribution in [0.25, 0.3) is 17.0 Å². The van der Waals surface area contributed by atoms with E-state index in [1.807, 2.05) is 41.3 Å². The minimum atomic E-state index is -2.70. The summed E-state index contributed by atoms with van der Waals surface area (Å²) in [6, 6.07) is 15.8. The van der Waals surface area contributed by atoms with Crippen molar-refractivity contribution >= 4 is 17.3 Å². The molecule has 3 aromatic heterocycles. The number of rotatable bonds is 5. The molecular weight excluding hydrogens is 453 g/mol.